The summed E-state index contributed by atoms with van der Waals surface area (Å²) in [6.45, 7) is 6.32. The molecule has 3 N–H and O–H groups in total. The van der Waals surface area contributed by atoms with Crippen LogP contribution in [0.3, 0.4) is 0 Å². The Hall–Kier alpha value is -3.13. The third-order valence-corrected chi connectivity index (χ3v) is 6.39. The molecule has 8 heteroatoms. The van der Waals surface area contributed by atoms with E-state index in [9.17, 15) is 19.8 Å². The molecule has 1 aliphatic heterocycles. The molecule has 1 saturated heterocycles. The lowest BCUT2D eigenvalue weighted by Gasteiger charge is -2.44. The fraction of sp³-hybridized carbons (Fsp3) is 0.423. The van der Waals surface area contributed by atoms with Crippen LogP contribution >= 0.6 is 12.2 Å². The predicted molar refractivity (Wildman–Crippen MR) is 134 cm³/mol. The number of likely N-dealkylation sites (tertiary alicyclic amines) is 1. The van der Waals surface area contributed by atoms with Crippen molar-refractivity contribution in [1.29, 1.82) is 0 Å². The van der Waals surface area contributed by atoms with Gasteiger partial charge >= 0.3 is 12.1 Å². The summed E-state index contributed by atoms with van der Waals surface area (Å²) in [7, 11) is 0. The van der Waals surface area contributed by atoms with Gasteiger partial charge in [0.25, 0.3) is 0 Å². The fourth-order valence-corrected chi connectivity index (χ4v) is 4.64. The van der Waals surface area contributed by atoms with Crippen LogP contribution in [-0.2, 0) is 21.4 Å². The molecule has 0 bridgehead atoms. The number of aromatic hydroxyl groups is 1. The number of carboxylic acid groups (broad SMARTS) is 1. The SMILES string of the molecule is CC(C)(C)OC(=O)N1CCCC(C(=S)N[C@@H](Cc2ccc(O)cc2)C(=O)O)(c2ccccc2)C1. The number of carboxylic acids is 1. The van der Waals surface area contributed by atoms with E-state index in [4.69, 9.17) is 17.0 Å². The Bertz CT molecular complexity index is 1020. The van der Waals surface area contributed by atoms with Gasteiger partial charge in [0, 0.05) is 19.5 Å². The van der Waals surface area contributed by atoms with Gasteiger partial charge in [-0.1, -0.05) is 54.7 Å². The first-order valence-electron chi connectivity index (χ1n) is 11.4. The topological polar surface area (TPSA) is 99.1 Å². The van der Waals surface area contributed by atoms with Gasteiger partial charge in [-0.2, -0.15) is 0 Å². The molecule has 2 atom stereocenters. The van der Waals surface area contributed by atoms with E-state index >= 15 is 0 Å². The van der Waals surface area contributed by atoms with Crippen LogP contribution in [0.5, 0.6) is 5.75 Å². The highest BCUT2D eigenvalue weighted by atomic mass is 32.1. The monoisotopic (exact) mass is 484 g/mol. The van der Waals surface area contributed by atoms with Gasteiger partial charge in [0.1, 0.15) is 17.4 Å². The number of thiocarbonyl (C=S) groups is 1. The molecule has 7 nitrogen and oxygen atoms in total. The average molecular weight is 485 g/mol. The number of nitrogens with one attached hydrogen (secondary N) is 1. The molecule has 34 heavy (non-hydrogen) atoms. The lowest BCUT2D eigenvalue weighted by atomic mass is 9.73. The number of carbonyl (C=O) groups excluding carboxylic acids is 1. The van der Waals surface area contributed by atoms with Gasteiger partial charge in [-0.3, -0.25) is 0 Å². The average Bonchev–Trinajstić information content (AvgIpc) is 2.79. The molecule has 2 aromatic rings. The van der Waals surface area contributed by atoms with Crippen LogP contribution in [0, 0.1) is 0 Å². The summed E-state index contributed by atoms with van der Waals surface area (Å²) in [6.07, 6.45) is 1.16. The standard InChI is InChI=1S/C26H32N2O5S/c1-25(2,3)33-24(32)28-15-7-14-26(17-28,19-8-5-4-6-9-19)23(34)27-21(22(30)31)16-18-10-12-20(29)13-11-18/h4-6,8-13,21,29H,7,14-17H2,1-3H3,(H,27,34)(H,30,31)/t21-,26?/m0/s1. The normalized spacial score (nSPS) is 19.2. The number of phenolic OH excluding ortho intramolecular Hbond substituents is 1. The molecular formula is C26H32N2O5S. The summed E-state index contributed by atoms with van der Waals surface area (Å²) in [5.41, 5.74) is 0.318. The van der Waals surface area contributed by atoms with E-state index < -0.39 is 29.1 Å². The first-order valence-corrected chi connectivity index (χ1v) is 11.8. The van der Waals surface area contributed by atoms with Crippen molar-refractivity contribution in [2.75, 3.05) is 13.1 Å². The van der Waals surface area contributed by atoms with Crippen LogP contribution in [0.15, 0.2) is 54.6 Å². The number of rotatable bonds is 6. The molecule has 182 valence electrons. The minimum Gasteiger partial charge on any atom is -0.508 e. The smallest absolute Gasteiger partial charge is 0.410 e. The molecule has 1 amide bonds. The van der Waals surface area contributed by atoms with Gasteiger partial charge in [0.2, 0.25) is 0 Å². The van der Waals surface area contributed by atoms with Crippen molar-refractivity contribution in [1.82, 2.24) is 10.2 Å². The first-order chi connectivity index (χ1) is 16.0. The number of hydrogen-bond donors (Lipinski definition) is 3. The molecular weight excluding hydrogens is 452 g/mol. The Labute approximate surface area is 205 Å². The highest BCUT2D eigenvalue weighted by Crippen LogP contribution is 2.36. The van der Waals surface area contributed by atoms with Crippen molar-refractivity contribution < 1.29 is 24.5 Å². The van der Waals surface area contributed by atoms with E-state index in [2.05, 4.69) is 5.32 Å². The van der Waals surface area contributed by atoms with E-state index in [0.29, 0.717) is 30.9 Å². The Morgan fingerprint density at radius 1 is 1.15 bits per heavy atom. The summed E-state index contributed by atoms with van der Waals surface area (Å²) in [4.78, 5) is 27.0. The predicted octanol–water partition coefficient (Wildman–Crippen LogP) is 4.27. The number of benzene rings is 2. The second-order valence-electron chi connectivity index (χ2n) is 9.69. The third-order valence-electron chi connectivity index (χ3n) is 5.88. The molecule has 3 rings (SSSR count). The van der Waals surface area contributed by atoms with Gasteiger partial charge in [0.05, 0.1) is 10.4 Å². The molecule has 0 saturated carbocycles. The molecule has 0 spiro atoms. The number of hydrogen-bond acceptors (Lipinski definition) is 5. The molecule has 1 aliphatic rings. The number of ether oxygens (including phenoxy) is 1. The van der Waals surface area contributed by atoms with Crippen molar-refractivity contribution in [2.24, 2.45) is 0 Å². The Morgan fingerprint density at radius 2 is 1.79 bits per heavy atom. The van der Waals surface area contributed by atoms with Gasteiger partial charge in [-0.15, -0.1) is 0 Å². The van der Waals surface area contributed by atoms with Crippen LogP contribution < -0.4 is 5.32 Å². The number of amides is 1. The third kappa shape index (κ3) is 6.26. The second kappa shape index (κ2) is 10.4. The van der Waals surface area contributed by atoms with E-state index in [1.807, 2.05) is 51.1 Å². The van der Waals surface area contributed by atoms with Crippen molar-refractivity contribution in [2.45, 2.75) is 57.1 Å². The molecule has 0 aliphatic carbocycles. The maximum Gasteiger partial charge on any atom is 0.410 e. The van der Waals surface area contributed by atoms with Crippen molar-refractivity contribution in [3.05, 3.63) is 65.7 Å². The molecule has 1 fully saturated rings. The van der Waals surface area contributed by atoms with Gasteiger partial charge in [-0.25, -0.2) is 9.59 Å². The number of piperidine rings is 1. The first kappa shape index (κ1) is 25.5. The number of nitrogens with zero attached hydrogens (tertiary/aromatic N) is 1. The second-order valence-corrected chi connectivity index (χ2v) is 10.1. The van der Waals surface area contributed by atoms with E-state index in [-0.39, 0.29) is 12.2 Å². The summed E-state index contributed by atoms with van der Waals surface area (Å²) in [5, 5.41) is 22.5. The van der Waals surface area contributed by atoms with Gasteiger partial charge in [-0.05, 0) is 56.9 Å². The minimum absolute atomic E-state index is 0.117. The molecule has 2 aromatic carbocycles. The Balaban J connectivity index is 1.88. The summed E-state index contributed by atoms with van der Waals surface area (Å²) >= 11 is 5.86. The highest BCUT2D eigenvalue weighted by Gasteiger charge is 2.44. The van der Waals surface area contributed by atoms with Crippen LogP contribution in [0.1, 0.15) is 44.7 Å². The zero-order chi connectivity index (χ0) is 24.9. The van der Waals surface area contributed by atoms with Crippen molar-refractivity contribution >= 4 is 29.3 Å². The molecule has 1 heterocycles. The summed E-state index contributed by atoms with van der Waals surface area (Å²) < 4.78 is 5.60. The fourth-order valence-electron chi connectivity index (χ4n) is 4.21. The maximum absolute atomic E-state index is 12.9. The number of phenols is 1. The van der Waals surface area contributed by atoms with Crippen LogP contribution in [-0.4, -0.2) is 56.9 Å². The quantitative estimate of drug-likeness (QED) is 0.527. The molecule has 1 unspecified atom stereocenters. The zero-order valence-corrected chi connectivity index (χ0v) is 20.6. The van der Waals surface area contributed by atoms with Gasteiger partial charge < -0.3 is 25.2 Å². The minimum atomic E-state index is -1.03. The van der Waals surface area contributed by atoms with Crippen LogP contribution in [0.25, 0.3) is 0 Å². The Morgan fingerprint density at radius 3 is 2.38 bits per heavy atom. The largest absolute Gasteiger partial charge is 0.508 e. The number of carbonyl (C=O) groups is 2. The number of aliphatic carboxylic acids is 1. The lowest BCUT2D eigenvalue weighted by Crippen LogP contribution is -2.58. The molecule has 0 radical (unpaired) electrons. The van der Waals surface area contributed by atoms with E-state index in [0.717, 1.165) is 11.1 Å². The highest BCUT2D eigenvalue weighted by molar-refractivity contribution is 7.80. The van der Waals surface area contributed by atoms with Crippen LogP contribution in [0.2, 0.25) is 0 Å². The maximum atomic E-state index is 12.9. The van der Waals surface area contributed by atoms with Crippen molar-refractivity contribution in [3.8, 4) is 5.75 Å². The van der Waals surface area contributed by atoms with Crippen molar-refractivity contribution in [3.63, 3.8) is 0 Å². The summed E-state index contributed by atoms with van der Waals surface area (Å²) in [6, 6.07) is 15.1. The van der Waals surface area contributed by atoms with Crippen LogP contribution in [0.4, 0.5) is 4.79 Å². The Kier molecular flexibility index (Phi) is 7.82. The molecule has 0 aromatic heterocycles. The zero-order valence-electron chi connectivity index (χ0n) is 19.8. The summed E-state index contributed by atoms with van der Waals surface area (Å²) in [5.74, 6) is -0.912. The van der Waals surface area contributed by atoms with E-state index in [1.165, 1.54) is 12.1 Å². The van der Waals surface area contributed by atoms with E-state index in [1.54, 1.807) is 17.0 Å². The van der Waals surface area contributed by atoms with Gasteiger partial charge in [0.15, 0.2) is 0 Å². The lowest BCUT2D eigenvalue weighted by molar-refractivity contribution is -0.139.